The summed E-state index contributed by atoms with van der Waals surface area (Å²) in [7, 11) is 0. The number of phenols is 1. The first-order valence-electron chi connectivity index (χ1n) is 5.87. The predicted molar refractivity (Wildman–Crippen MR) is 75.3 cm³/mol. The normalized spacial score (nSPS) is 11.3. The van der Waals surface area contributed by atoms with Crippen LogP contribution in [0.2, 0.25) is 0 Å². The molecule has 3 rings (SSSR count). The smallest absolute Gasteiger partial charge is 0.139 e. The van der Waals surface area contributed by atoms with E-state index < -0.39 is 0 Å². The third-order valence-corrected chi connectivity index (χ3v) is 2.91. The molecule has 2 nitrogen and oxygen atoms in total. The van der Waals surface area contributed by atoms with Crippen molar-refractivity contribution >= 4 is 23.1 Å². The van der Waals surface area contributed by atoms with Crippen LogP contribution in [0.1, 0.15) is 11.3 Å². The first kappa shape index (κ1) is 10.7. The van der Waals surface area contributed by atoms with Gasteiger partial charge in [0, 0.05) is 11.1 Å². The number of aromatic hydroxyl groups is 1. The molecule has 0 bridgehead atoms. The van der Waals surface area contributed by atoms with E-state index in [2.05, 4.69) is 17.1 Å². The highest BCUT2D eigenvalue weighted by atomic mass is 16.3. The van der Waals surface area contributed by atoms with Gasteiger partial charge in [-0.25, -0.2) is 0 Å². The van der Waals surface area contributed by atoms with E-state index in [1.54, 1.807) is 6.07 Å². The van der Waals surface area contributed by atoms with Gasteiger partial charge in [-0.3, -0.25) is 0 Å². The van der Waals surface area contributed by atoms with Gasteiger partial charge in [0.25, 0.3) is 0 Å². The molecule has 0 saturated heterocycles. The summed E-state index contributed by atoms with van der Waals surface area (Å²) >= 11 is 0. The van der Waals surface area contributed by atoms with Crippen molar-refractivity contribution < 1.29 is 5.11 Å². The van der Waals surface area contributed by atoms with Crippen molar-refractivity contribution in [1.29, 1.82) is 0 Å². The minimum Gasteiger partial charge on any atom is -0.506 e. The average Bonchev–Trinajstić information content (AvgIpc) is 2.82. The summed E-state index contributed by atoms with van der Waals surface area (Å²) in [5, 5.41) is 10.7. The molecular weight excluding hydrogens is 222 g/mol. The van der Waals surface area contributed by atoms with Crippen molar-refractivity contribution in [3.8, 4) is 5.75 Å². The summed E-state index contributed by atoms with van der Waals surface area (Å²) in [6, 6.07) is 17.7. The third kappa shape index (κ3) is 2.00. The maximum absolute atomic E-state index is 9.71. The zero-order valence-electron chi connectivity index (χ0n) is 9.80. The molecule has 0 unspecified atom stereocenters. The second kappa shape index (κ2) is 4.41. The van der Waals surface area contributed by atoms with Gasteiger partial charge in [-0.1, -0.05) is 48.5 Å². The average molecular weight is 235 g/mol. The molecule has 0 atom stereocenters. The Kier molecular flexibility index (Phi) is 2.61. The molecule has 3 aromatic rings. The van der Waals surface area contributed by atoms with Gasteiger partial charge < -0.3 is 10.1 Å². The Morgan fingerprint density at radius 2 is 1.72 bits per heavy atom. The summed E-state index contributed by atoms with van der Waals surface area (Å²) in [4.78, 5) is 3.20. The highest BCUT2D eigenvalue weighted by Gasteiger charge is 2.01. The number of fused-ring (bicyclic) bond motifs is 1. The number of rotatable bonds is 2. The van der Waals surface area contributed by atoms with Crippen LogP contribution in [0.5, 0.6) is 5.75 Å². The van der Waals surface area contributed by atoms with Crippen molar-refractivity contribution in [2.75, 3.05) is 0 Å². The first-order valence-corrected chi connectivity index (χ1v) is 5.87. The van der Waals surface area contributed by atoms with Gasteiger partial charge in [0.1, 0.15) is 5.75 Å². The molecule has 0 fully saturated rings. The van der Waals surface area contributed by atoms with Crippen molar-refractivity contribution in [3.63, 3.8) is 0 Å². The minimum absolute atomic E-state index is 0.284. The van der Waals surface area contributed by atoms with Gasteiger partial charge in [0.15, 0.2) is 0 Å². The molecule has 0 amide bonds. The molecule has 2 heteroatoms. The fourth-order valence-electron chi connectivity index (χ4n) is 2.00. The minimum atomic E-state index is 0.284. The topological polar surface area (TPSA) is 36.0 Å². The van der Waals surface area contributed by atoms with Crippen molar-refractivity contribution in [3.05, 3.63) is 65.9 Å². The number of nitrogens with one attached hydrogen (secondary N) is 1. The van der Waals surface area contributed by atoms with Crippen LogP contribution >= 0.6 is 0 Å². The fourth-order valence-corrected chi connectivity index (χ4v) is 2.00. The van der Waals surface area contributed by atoms with Crippen LogP contribution < -0.4 is 0 Å². The molecule has 0 radical (unpaired) electrons. The predicted octanol–water partition coefficient (Wildman–Crippen LogP) is 4.04. The Morgan fingerprint density at radius 3 is 2.50 bits per heavy atom. The summed E-state index contributed by atoms with van der Waals surface area (Å²) in [5.41, 5.74) is 2.92. The fraction of sp³-hybridized carbons (Fsp3) is 0. The molecule has 0 aliphatic carbocycles. The Morgan fingerprint density at radius 1 is 0.889 bits per heavy atom. The second-order valence-electron chi connectivity index (χ2n) is 4.21. The number of hydrogen-bond donors (Lipinski definition) is 2. The largest absolute Gasteiger partial charge is 0.506 e. The number of aromatic amines is 1. The van der Waals surface area contributed by atoms with E-state index in [4.69, 9.17) is 0 Å². The van der Waals surface area contributed by atoms with Crippen molar-refractivity contribution in [1.82, 2.24) is 4.98 Å². The number of aromatic nitrogens is 1. The third-order valence-electron chi connectivity index (χ3n) is 2.91. The van der Waals surface area contributed by atoms with E-state index in [9.17, 15) is 5.11 Å². The highest BCUT2D eigenvalue weighted by molar-refractivity contribution is 5.88. The van der Waals surface area contributed by atoms with Crippen LogP contribution in [0.4, 0.5) is 0 Å². The number of para-hydroxylation sites is 1. The molecule has 0 spiro atoms. The molecule has 0 aliphatic heterocycles. The van der Waals surface area contributed by atoms with Crippen LogP contribution in [-0.4, -0.2) is 10.1 Å². The lowest BCUT2D eigenvalue weighted by Gasteiger charge is -1.92. The van der Waals surface area contributed by atoms with Gasteiger partial charge in [-0.15, -0.1) is 0 Å². The van der Waals surface area contributed by atoms with Crippen LogP contribution in [-0.2, 0) is 0 Å². The van der Waals surface area contributed by atoms with Crippen molar-refractivity contribution in [2.45, 2.75) is 0 Å². The van der Waals surface area contributed by atoms with Gasteiger partial charge in [-0.05, 0) is 23.8 Å². The molecular formula is C16H13NO. The van der Waals surface area contributed by atoms with Gasteiger partial charge in [0.05, 0.1) is 5.52 Å². The maximum atomic E-state index is 9.71. The molecule has 1 heterocycles. The molecule has 0 aliphatic rings. The molecule has 0 saturated carbocycles. The quantitative estimate of drug-likeness (QED) is 0.690. The summed E-state index contributed by atoms with van der Waals surface area (Å²) < 4.78 is 0. The summed E-state index contributed by atoms with van der Waals surface area (Å²) in [6.07, 6.45) is 4.05. The van der Waals surface area contributed by atoms with Crippen LogP contribution in [0.25, 0.3) is 23.1 Å². The maximum Gasteiger partial charge on any atom is 0.139 e. The van der Waals surface area contributed by atoms with Gasteiger partial charge in [0.2, 0.25) is 0 Å². The molecule has 18 heavy (non-hydrogen) atoms. The molecule has 2 aromatic carbocycles. The number of H-pyrrole nitrogens is 1. The van der Waals surface area contributed by atoms with Gasteiger partial charge >= 0.3 is 0 Å². The van der Waals surface area contributed by atoms with Gasteiger partial charge in [-0.2, -0.15) is 0 Å². The van der Waals surface area contributed by atoms with Crippen LogP contribution in [0.3, 0.4) is 0 Å². The lowest BCUT2D eigenvalue weighted by molar-refractivity contribution is 0.480. The number of benzene rings is 2. The van der Waals surface area contributed by atoms with E-state index in [1.807, 2.05) is 48.6 Å². The monoisotopic (exact) mass is 235 g/mol. The van der Waals surface area contributed by atoms with E-state index in [1.165, 1.54) is 0 Å². The van der Waals surface area contributed by atoms with E-state index in [0.717, 1.165) is 22.2 Å². The number of phenolic OH excluding ortho intramolecular Hbond substituents is 1. The van der Waals surface area contributed by atoms with Crippen molar-refractivity contribution in [2.24, 2.45) is 0 Å². The Bertz CT molecular complexity index is 695. The second-order valence-corrected chi connectivity index (χ2v) is 4.21. The Balaban J connectivity index is 1.96. The lowest BCUT2D eigenvalue weighted by Crippen LogP contribution is -1.72. The van der Waals surface area contributed by atoms with E-state index >= 15 is 0 Å². The van der Waals surface area contributed by atoms with E-state index in [0.29, 0.717) is 0 Å². The van der Waals surface area contributed by atoms with Crippen LogP contribution in [0.15, 0.2) is 54.6 Å². The standard InChI is InChI=1S/C16H13NO/c18-15-8-4-7-13-11-14(17-16(13)15)10-9-12-5-2-1-3-6-12/h1-11,17-18H. The van der Waals surface area contributed by atoms with E-state index in [-0.39, 0.29) is 5.75 Å². The summed E-state index contributed by atoms with van der Waals surface area (Å²) in [6.45, 7) is 0. The summed E-state index contributed by atoms with van der Waals surface area (Å²) in [5.74, 6) is 0.284. The molecule has 2 N–H and O–H groups in total. The zero-order valence-corrected chi connectivity index (χ0v) is 9.80. The molecule has 88 valence electrons. The highest BCUT2D eigenvalue weighted by Crippen LogP contribution is 2.24. The zero-order chi connectivity index (χ0) is 12.4. The first-order chi connectivity index (χ1) is 8.83. The van der Waals surface area contributed by atoms with Crippen LogP contribution in [0, 0.1) is 0 Å². The Labute approximate surface area is 105 Å². The molecule has 1 aromatic heterocycles. The lowest BCUT2D eigenvalue weighted by atomic mass is 10.2. The number of hydrogen-bond acceptors (Lipinski definition) is 1. The SMILES string of the molecule is Oc1cccc2cc(C=Cc3ccccc3)[nH]c12. The Hall–Kier alpha value is -2.48.